The topological polar surface area (TPSA) is 85.0 Å². The second kappa shape index (κ2) is 5.66. The summed E-state index contributed by atoms with van der Waals surface area (Å²) in [6, 6.07) is 5.84. The number of rotatable bonds is 3. The van der Waals surface area contributed by atoms with Crippen LogP contribution in [0.2, 0.25) is 0 Å². The molecule has 104 valence electrons. The van der Waals surface area contributed by atoms with Gasteiger partial charge in [0.1, 0.15) is 11.5 Å². The second-order valence-electron chi connectivity index (χ2n) is 3.98. The predicted molar refractivity (Wildman–Crippen MR) is 78.0 cm³/mol. The molecule has 2 rings (SSSR count). The molecule has 1 aromatic carbocycles. The number of nitrogens with one attached hydrogen (secondary N) is 2. The average molecular weight is 293 g/mol. The van der Waals surface area contributed by atoms with Crippen molar-refractivity contribution in [2.24, 2.45) is 12.8 Å². The number of nitrogens with zero attached hydrogens (tertiary/aromatic N) is 2. The van der Waals surface area contributed by atoms with E-state index >= 15 is 0 Å². The van der Waals surface area contributed by atoms with Gasteiger partial charge < -0.3 is 16.4 Å². The fraction of sp³-hybridized carbons (Fsp3) is 0.0833. The lowest BCUT2D eigenvalue weighted by molar-refractivity contribution is 0.0992. The van der Waals surface area contributed by atoms with Crippen molar-refractivity contribution in [2.45, 2.75) is 0 Å². The maximum atomic E-state index is 13.0. The summed E-state index contributed by atoms with van der Waals surface area (Å²) in [5.41, 5.74) is 6.33. The second-order valence-corrected chi connectivity index (χ2v) is 4.39. The van der Waals surface area contributed by atoms with Crippen molar-refractivity contribution in [2.75, 3.05) is 10.6 Å². The van der Waals surface area contributed by atoms with Gasteiger partial charge in [-0.05, 0) is 30.4 Å². The Hall–Kier alpha value is -2.48. The third-order valence-electron chi connectivity index (χ3n) is 2.50. The van der Waals surface area contributed by atoms with Crippen molar-refractivity contribution in [1.82, 2.24) is 9.78 Å². The Kier molecular flexibility index (Phi) is 3.94. The van der Waals surface area contributed by atoms with Gasteiger partial charge in [0.15, 0.2) is 5.11 Å². The van der Waals surface area contributed by atoms with Crippen LogP contribution in [-0.4, -0.2) is 20.8 Å². The van der Waals surface area contributed by atoms with Crippen molar-refractivity contribution >= 4 is 34.6 Å². The molecule has 0 spiro atoms. The van der Waals surface area contributed by atoms with E-state index in [0.717, 1.165) is 0 Å². The Bertz CT molecular complexity index is 670. The van der Waals surface area contributed by atoms with Gasteiger partial charge in [0, 0.05) is 12.7 Å². The highest BCUT2D eigenvalue weighted by Crippen LogP contribution is 2.15. The van der Waals surface area contributed by atoms with E-state index in [1.807, 2.05) is 0 Å². The minimum atomic E-state index is -0.624. The summed E-state index contributed by atoms with van der Waals surface area (Å²) < 4.78 is 14.4. The Labute approximate surface area is 119 Å². The average Bonchev–Trinajstić information content (AvgIpc) is 2.70. The molecule has 2 aromatic rings. The lowest BCUT2D eigenvalue weighted by Crippen LogP contribution is -2.23. The fourth-order valence-corrected chi connectivity index (χ4v) is 1.90. The van der Waals surface area contributed by atoms with Crippen LogP contribution in [0.3, 0.4) is 0 Å². The number of amides is 1. The van der Waals surface area contributed by atoms with E-state index in [1.165, 1.54) is 23.0 Å². The Morgan fingerprint density at radius 3 is 2.85 bits per heavy atom. The first-order valence-electron chi connectivity index (χ1n) is 5.62. The van der Waals surface area contributed by atoms with E-state index in [-0.39, 0.29) is 16.6 Å². The minimum absolute atomic E-state index is 0.200. The molecule has 6 nitrogen and oxygen atoms in total. The molecule has 1 heterocycles. The van der Waals surface area contributed by atoms with Gasteiger partial charge in [0.25, 0.3) is 5.91 Å². The first-order valence-corrected chi connectivity index (χ1v) is 6.03. The fourth-order valence-electron chi connectivity index (χ4n) is 1.67. The number of aromatic nitrogens is 2. The molecule has 20 heavy (non-hydrogen) atoms. The molecule has 0 unspecified atom stereocenters. The summed E-state index contributed by atoms with van der Waals surface area (Å²) >= 11 is 5.08. The molecule has 0 fully saturated rings. The van der Waals surface area contributed by atoms with Crippen LogP contribution in [0.25, 0.3) is 0 Å². The molecular formula is C12H12FN5OS. The monoisotopic (exact) mass is 293 g/mol. The molecule has 1 aromatic heterocycles. The first-order chi connectivity index (χ1) is 9.47. The third-order valence-corrected chi connectivity index (χ3v) is 2.71. The highest BCUT2D eigenvalue weighted by molar-refractivity contribution is 7.80. The largest absolute Gasteiger partial charge is 0.364 e. The number of carbonyl (C=O) groups is 1. The van der Waals surface area contributed by atoms with Crippen LogP contribution >= 0.6 is 12.2 Å². The zero-order valence-electron chi connectivity index (χ0n) is 10.6. The molecule has 0 radical (unpaired) electrons. The van der Waals surface area contributed by atoms with Crippen LogP contribution < -0.4 is 16.4 Å². The van der Waals surface area contributed by atoms with Crippen LogP contribution in [0.1, 0.15) is 10.5 Å². The predicted octanol–water partition coefficient (Wildman–Crippen LogP) is 1.47. The lowest BCUT2D eigenvalue weighted by atomic mass is 10.3. The van der Waals surface area contributed by atoms with E-state index in [0.29, 0.717) is 11.4 Å². The number of carbonyl (C=O) groups excluding carboxylic acids is 1. The molecule has 0 aliphatic rings. The summed E-state index contributed by atoms with van der Waals surface area (Å²) in [4.78, 5) is 11.3. The van der Waals surface area contributed by atoms with Crippen molar-refractivity contribution in [3.8, 4) is 0 Å². The van der Waals surface area contributed by atoms with Gasteiger partial charge >= 0.3 is 0 Å². The Morgan fingerprint density at radius 1 is 1.45 bits per heavy atom. The summed E-state index contributed by atoms with van der Waals surface area (Å²) in [7, 11) is 1.59. The number of hydrogen-bond donors (Lipinski definition) is 3. The van der Waals surface area contributed by atoms with Crippen molar-refractivity contribution < 1.29 is 9.18 Å². The number of thiocarbonyl (C=S) groups is 1. The zero-order valence-corrected chi connectivity index (χ0v) is 11.4. The molecular weight excluding hydrogens is 281 g/mol. The van der Waals surface area contributed by atoms with Gasteiger partial charge in [-0.3, -0.25) is 9.48 Å². The van der Waals surface area contributed by atoms with E-state index < -0.39 is 5.91 Å². The van der Waals surface area contributed by atoms with Crippen LogP contribution in [0.5, 0.6) is 0 Å². The van der Waals surface area contributed by atoms with Gasteiger partial charge in [-0.1, -0.05) is 6.07 Å². The Balaban J connectivity index is 2.11. The summed E-state index contributed by atoms with van der Waals surface area (Å²) in [5.74, 6) is -1.00. The quantitative estimate of drug-likeness (QED) is 0.746. The molecule has 0 saturated carbocycles. The van der Waals surface area contributed by atoms with Crippen molar-refractivity contribution in [1.29, 1.82) is 0 Å². The number of primary amides is 1. The van der Waals surface area contributed by atoms with E-state index in [4.69, 9.17) is 18.0 Å². The number of benzene rings is 1. The van der Waals surface area contributed by atoms with Gasteiger partial charge in [0.2, 0.25) is 0 Å². The summed E-state index contributed by atoms with van der Waals surface area (Å²) in [6.07, 6.45) is 1.43. The Morgan fingerprint density at radius 2 is 2.20 bits per heavy atom. The summed E-state index contributed by atoms with van der Waals surface area (Å²) in [5, 5.41) is 9.71. The van der Waals surface area contributed by atoms with E-state index in [2.05, 4.69) is 15.7 Å². The van der Waals surface area contributed by atoms with Crippen molar-refractivity contribution in [3.05, 3.63) is 42.0 Å². The van der Waals surface area contributed by atoms with Gasteiger partial charge in [0.05, 0.1) is 11.9 Å². The lowest BCUT2D eigenvalue weighted by Gasteiger charge is -2.10. The highest BCUT2D eigenvalue weighted by atomic mass is 32.1. The number of aryl methyl sites for hydroxylation is 1. The van der Waals surface area contributed by atoms with Crippen LogP contribution in [0, 0.1) is 5.82 Å². The standard InChI is InChI=1S/C12H12FN5OS/c1-18-10(11(14)19)9(6-15-18)17-12(20)16-8-4-2-3-7(13)5-8/h2-6H,1H3,(H2,14,19)(H2,16,17,20). The molecule has 0 atom stereocenters. The zero-order chi connectivity index (χ0) is 14.7. The molecule has 0 saturated heterocycles. The number of anilines is 2. The number of hydrogen-bond acceptors (Lipinski definition) is 3. The first kappa shape index (κ1) is 13.9. The van der Waals surface area contributed by atoms with Gasteiger partial charge in [-0.25, -0.2) is 4.39 Å². The van der Waals surface area contributed by atoms with Crippen LogP contribution in [0.4, 0.5) is 15.8 Å². The van der Waals surface area contributed by atoms with E-state index in [1.54, 1.807) is 19.2 Å². The number of nitrogens with two attached hydrogens (primary N) is 1. The summed E-state index contributed by atoms with van der Waals surface area (Å²) in [6.45, 7) is 0. The highest BCUT2D eigenvalue weighted by Gasteiger charge is 2.14. The molecule has 8 heteroatoms. The van der Waals surface area contributed by atoms with Crippen LogP contribution in [-0.2, 0) is 7.05 Å². The smallest absolute Gasteiger partial charge is 0.269 e. The van der Waals surface area contributed by atoms with Crippen molar-refractivity contribution in [3.63, 3.8) is 0 Å². The SMILES string of the molecule is Cn1ncc(NC(=S)Nc2cccc(F)c2)c1C(N)=O. The molecule has 0 aliphatic heterocycles. The maximum absolute atomic E-state index is 13.0. The van der Waals surface area contributed by atoms with Gasteiger partial charge in [-0.2, -0.15) is 5.10 Å². The maximum Gasteiger partial charge on any atom is 0.269 e. The van der Waals surface area contributed by atoms with Crippen LogP contribution in [0.15, 0.2) is 30.5 Å². The molecule has 0 bridgehead atoms. The molecule has 4 N–H and O–H groups in total. The van der Waals surface area contributed by atoms with Gasteiger partial charge in [-0.15, -0.1) is 0 Å². The van der Waals surface area contributed by atoms with E-state index in [9.17, 15) is 9.18 Å². The minimum Gasteiger partial charge on any atom is -0.364 e. The number of halogens is 1. The molecule has 0 aliphatic carbocycles. The molecule has 1 amide bonds. The normalized spacial score (nSPS) is 10.1. The third kappa shape index (κ3) is 3.09.